The van der Waals surface area contributed by atoms with Crippen LogP contribution in [0.25, 0.3) is 44.6 Å². The van der Waals surface area contributed by atoms with Crippen molar-refractivity contribution in [1.29, 1.82) is 0 Å². The molecular formula is C48H47FN8O6S. The van der Waals surface area contributed by atoms with E-state index in [4.69, 9.17) is 4.42 Å². The van der Waals surface area contributed by atoms with Crippen LogP contribution in [-0.2, 0) is 34.4 Å². The van der Waals surface area contributed by atoms with Crippen LogP contribution in [0.15, 0.2) is 111 Å². The van der Waals surface area contributed by atoms with Crippen LogP contribution < -0.4 is 21.5 Å². The van der Waals surface area contributed by atoms with Gasteiger partial charge in [-0.1, -0.05) is 36.4 Å². The average molecular weight is 883 g/mol. The number of thiazole rings is 1. The minimum Gasteiger partial charge on any atom is -0.439 e. The van der Waals surface area contributed by atoms with Gasteiger partial charge in [0.1, 0.15) is 17.4 Å². The van der Waals surface area contributed by atoms with Gasteiger partial charge in [0, 0.05) is 120 Å². The normalized spacial score (nSPS) is 17.3. The third kappa shape index (κ3) is 7.66. The minimum absolute atomic E-state index is 0. The van der Waals surface area contributed by atoms with Gasteiger partial charge in [-0.25, -0.2) is 14.2 Å². The summed E-state index contributed by atoms with van der Waals surface area (Å²) in [5.41, 5.74) is 5.78. The van der Waals surface area contributed by atoms with Crippen molar-refractivity contribution in [2.45, 2.75) is 44.7 Å². The first-order valence-electron chi connectivity index (χ1n) is 21.5. The second kappa shape index (κ2) is 17.0. The number of hydrogen-bond acceptors (Lipinski definition) is 10. The van der Waals surface area contributed by atoms with Gasteiger partial charge in [0.05, 0.1) is 21.4 Å². The number of rotatable bonds is 10. The van der Waals surface area contributed by atoms with E-state index in [9.17, 15) is 24.0 Å². The van der Waals surface area contributed by atoms with Crippen LogP contribution in [0.5, 0.6) is 0 Å². The highest BCUT2D eigenvalue weighted by molar-refractivity contribution is 7.09. The van der Waals surface area contributed by atoms with E-state index in [2.05, 4.69) is 32.2 Å². The van der Waals surface area contributed by atoms with Gasteiger partial charge in [-0.2, -0.15) is 0 Å². The van der Waals surface area contributed by atoms with Crippen molar-refractivity contribution in [3.05, 3.63) is 139 Å². The molecule has 64 heavy (non-hydrogen) atoms. The van der Waals surface area contributed by atoms with Crippen molar-refractivity contribution in [3.8, 4) is 17.0 Å². The molecule has 4 aromatic heterocycles. The van der Waals surface area contributed by atoms with E-state index in [-0.39, 0.29) is 55.1 Å². The topological polar surface area (TPSA) is 148 Å². The van der Waals surface area contributed by atoms with E-state index < -0.39 is 17.8 Å². The standard InChI is InChI=1S/C48H45FN8O6S.H2/c1-52-45-32(6-4-8-37(45)57(48(52)62)38-14-15-39(58)51-47(38)61)28-53-21-23-54(24-22-53)33-12-10-30(11-13-33)35-26-34(31-7-5-19-55(29-31)41(59)17-16-40-50-18-25-64-40)44(49)36-27-43(63-46(35)36)56-20-3-2-9-42(56)60;/h2-4,6-13,18,20,25-27,38H,5,14-17,19,21-24,28-29H2,1H3,(H,51,58,61);1H. The van der Waals surface area contributed by atoms with E-state index in [0.717, 1.165) is 53.5 Å². The summed E-state index contributed by atoms with van der Waals surface area (Å²) in [5.74, 6) is -1.05. The number of pyridine rings is 1. The number of nitrogens with zero attached hydrogens (tertiary/aromatic N) is 7. The van der Waals surface area contributed by atoms with E-state index in [0.29, 0.717) is 60.2 Å². The number of carbonyl (C=O) groups excluding carboxylic acids is 3. The summed E-state index contributed by atoms with van der Waals surface area (Å²) in [7, 11) is 1.72. The predicted octanol–water partition coefficient (Wildman–Crippen LogP) is 6.29. The number of furan rings is 1. The zero-order chi connectivity index (χ0) is 44.1. The van der Waals surface area contributed by atoms with Crippen molar-refractivity contribution >= 4 is 62.3 Å². The van der Waals surface area contributed by atoms with Crippen LogP contribution in [-0.4, -0.2) is 85.5 Å². The maximum Gasteiger partial charge on any atom is 0.329 e. The Morgan fingerprint density at radius 3 is 2.56 bits per heavy atom. The largest absolute Gasteiger partial charge is 0.439 e. The molecule has 0 saturated carbocycles. The highest BCUT2D eigenvalue weighted by atomic mass is 32.1. The molecule has 3 amide bonds. The fourth-order valence-electron chi connectivity index (χ4n) is 9.37. The zero-order valence-electron chi connectivity index (χ0n) is 35.2. The van der Waals surface area contributed by atoms with Crippen molar-refractivity contribution < 1.29 is 24.6 Å². The second-order valence-electron chi connectivity index (χ2n) is 16.6. The lowest BCUT2D eigenvalue weighted by Crippen LogP contribution is -2.46. The Bertz CT molecular complexity index is 3110. The van der Waals surface area contributed by atoms with Gasteiger partial charge in [-0.3, -0.25) is 43.1 Å². The summed E-state index contributed by atoms with van der Waals surface area (Å²) in [6, 6.07) is 21.3. The summed E-state index contributed by atoms with van der Waals surface area (Å²) >= 11 is 1.52. The molecule has 2 saturated heterocycles. The molecule has 0 spiro atoms. The number of piperazine rings is 1. The number of para-hydroxylation sites is 1. The van der Waals surface area contributed by atoms with Crippen LogP contribution in [0.3, 0.4) is 0 Å². The Morgan fingerprint density at radius 1 is 0.969 bits per heavy atom. The average Bonchev–Trinajstić information content (AvgIpc) is 4.06. The Kier molecular flexibility index (Phi) is 10.9. The molecule has 3 aromatic carbocycles. The zero-order valence-corrected chi connectivity index (χ0v) is 36.0. The van der Waals surface area contributed by atoms with Gasteiger partial charge in [-0.15, -0.1) is 11.3 Å². The Hall–Kier alpha value is -6.91. The maximum atomic E-state index is 16.8. The lowest BCUT2D eigenvalue weighted by atomic mass is 9.93. The first-order chi connectivity index (χ1) is 31.1. The number of benzene rings is 3. The Morgan fingerprint density at radius 2 is 1.80 bits per heavy atom. The van der Waals surface area contributed by atoms with Gasteiger partial charge in [0.15, 0.2) is 0 Å². The van der Waals surface area contributed by atoms with Crippen LogP contribution in [0.1, 0.15) is 49.3 Å². The number of nitrogens with one attached hydrogen (secondary N) is 1. The molecule has 3 aliphatic rings. The minimum atomic E-state index is -0.741. The third-order valence-electron chi connectivity index (χ3n) is 12.7. The molecule has 16 heteroatoms. The number of imidazole rings is 1. The van der Waals surface area contributed by atoms with Gasteiger partial charge in [0.25, 0.3) is 5.56 Å². The Balaban J connectivity index is 0.00000533. The molecule has 328 valence electrons. The molecule has 0 aliphatic carbocycles. The summed E-state index contributed by atoms with van der Waals surface area (Å²) in [4.78, 5) is 75.0. The number of fused-ring (bicyclic) bond motifs is 2. The number of imide groups is 1. The molecule has 7 aromatic rings. The fraction of sp³-hybridized carbons (Fsp3) is 0.292. The van der Waals surface area contributed by atoms with Crippen LogP contribution in [0.4, 0.5) is 10.1 Å². The number of halogens is 1. The highest BCUT2D eigenvalue weighted by Crippen LogP contribution is 2.39. The number of aromatic nitrogens is 4. The highest BCUT2D eigenvalue weighted by Gasteiger charge is 2.32. The van der Waals surface area contributed by atoms with Crippen molar-refractivity contribution in [2.24, 2.45) is 7.05 Å². The van der Waals surface area contributed by atoms with E-state index in [1.54, 1.807) is 53.2 Å². The fourth-order valence-corrected chi connectivity index (χ4v) is 9.99. The van der Waals surface area contributed by atoms with Gasteiger partial charge < -0.3 is 14.2 Å². The van der Waals surface area contributed by atoms with Crippen molar-refractivity contribution in [1.82, 2.24) is 33.8 Å². The van der Waals surface area contributed by atoms with Crippen molar-refractivity contribution in [3.63, 3.8) is 0 Å². The maximum absolute atomic E-state index is 16.8. The number of aryl methyl sites for hydroxylation is 2. The SMILES string of the molecule is Cn1c(=O)n(C2CCC(=O)NC2=O)c2cccc(CN3CCN(c4ccc(-c5cc(C6=CCCN(C(=O)CCc7nccs7)C6)c(F)c6cc(-n7ccccc7=O)oc56)cc4)CC3)c21.[HH]. The number of amides is 3. The molecule has 0 radical (unpaired) electrons. The first kappa shape index (κ1) is 41.1. The smallest absolute Gasteiger partial charge is 0.329 e. The van der Waals surface area contributed by atoms with E-state index >= 15 is 4.39 Å². The molecular weight excluding hydrogens is 836 g/mol. The monoisotopic (exact) mass is 882 g/mol. The summed E-state index contributed by atoms with van der Waals surface area (Å²) in [6.07, 6.45) is 7.27. The lowest BCUT2D eigenvalue weighted by Gasteiger charge is -2.36. The molecule has 10 rings (SSSR count). The summed E-state index contributed by atoms with van der Waals surface area (Å²) in [5, 5.41) is 5.43. The molecule has 7 heterocycles. The first-order valence-corrected chi connectivity index (χ1v) is 22.4. The summed E-state index contributed by atoms with van der Waals surface area (Å²) < 4.78 is 27.6. The van der Waals surface area contributed by atoms with Crippen LogP contribution in [0, 0.1) is 5.82 Å². The molecule has 1 N–H and O–H groups in total. The molecule has 14 nitrogen and oxygen atoms in total. The molecule has 0 bridgehead atoms. The molecule has 2 fully saturated rings. The van der Waals surface area contributed by atoms with E-state index in [1.807, 2.05) is 41.8 Å². The van der Waals surface area contributed by atoms with Crippen LogP contribution in [0.2, 0.25) is 0 Å². The number of hydrogen-bond donors (Lipinski definition) is 1. The Labute approximate surface area is 371 Å². The summed E-state index contributed by atoms with van der Waals surface area (Å²) in [6.45, 7) is 4.51. The molecule has 1 atom stereocenters. The van der Waals surface area contributed by atoms with Crippen molar-refractivity contribution in [2.75, 3.05) is 44.2 Å². The lowest BCUT2D eigenvalue weighted by molar-refractivity contribution is -0.136. The predicted molar refractivity (Wildman–Crippen MR) is 245 cm³/mol. The molecule has 3 aliphatic heterocycles. The van der Waals surface area contributed by atoms with Gasteiger partial charge in [-0.05, 0) is 59.9 Å². The van der Waals surface area contributed by atoms with Gasteiger partial charge in [0.2, 0.25) is 23.6 Å². The van der Waals surface area contributed by atoms with E-state index in [1.165, 1.54) is 26.5 Å². The second-order valence-corrected chi connectivity index (χ2v) is 17.5. The van der Waals surface area contributed by atoms with Gasteiger partial charge >= 0.3 is 5.69 Å². The quantitative estimate of drug-likeness (QED) is 0.157. The third-order valence-corrected chi connectivity index (χ3v) is 13.5. The molecule has 1 unspecified atom stereocenters. The van der Waals surface area contributed by atoms with Crippen LogP contribution >= 0.6 is 11.3 Å². The number of anilines is 1. The number of carbonyl (C=O) groups is 3. The number of piperidine rings is 1.